The van der Waals surface area contributed by atoms with Gasteiger partial charge in [-0.05, 0) is 17.7 Å². The van der Waals surface area contributed by atoms with E-state index in [0.29, 0.717) is 31.3 Å². The van der Waals surface area contributed by atoms with Crippen LogP contribution in [0.2, 0.25) is 0 Å². The minimum atomic E-state index is -1.13. The van der Waals surface area contributed by atoms with Crippen molar-refractivity contribution >= 4 is 11.9 Å². The molecule has 102 valence electrons. The Hall–Kier alpha value is -2.24. The van der Waals surface area contributed by atoms with Gasteiger partial charge in [-0.15, -0.1) is 0 Å². The van der Waals surface area contributed by atoms with Crippen LogP contribution in [0.1, 0.15) is 12.0 Å². The highest BCUT2D eigenvalue weighted by Gasteiger charge is 2.15. The molecule has 0 aliphatic carbocycles. The number of carbonyl (C=O) groups is 2. The summed E-state index contributed by atoms with van der Waals surface area (Å²) in [5.74, 6) is -0.209. The average molecular weight is 265 g/mol. The number of carboxylic acid groups (broad SMARTS) is 1. The second-order valence-electron chi connectivity index (χ2n) is 4.30. The zero-order valence-corrected chi connectivity index (χ0v) is 10.6. The smallest absolute Gasteiger partial charge is 0.312 e. The molecule has 1 aromatic rings. The maximum absolute atomic E-state index is 11.5. The molecule has 6 heteroatoms. The van der Waals surface area contributed by atoms with E-state index in [1.807, 2.05) is 6.07 Å². The van der Waals surface area contributed by atoms with Crippen molar-refractivity contribution in [3.63, 3.8) is 0 Å². The summed E-state index contributed by atoms with van der Waals surface area (Å²) < 4.78 is 10.8. The van der Waals surface area contributed by atoms with Gasteiger partial charge in [0.05, 0.1) is 0 Å². The van der Waals surface area contributed by atoms with Gasteiger partial charge in [0, 0.05) is 13.6 Å². The van der Waals surface area contributed by atoms with Crippen molar-refractivity contribution in [1.29, 1.82) is 0 Å². The molecular formula is C13H15NO5. The van der Waals surface area contributed by atoms with Crippen LogP contribution in [0.15, 0.2) is 18.2 Å². The summed E-state index contributed by atoms with van der Waals surface area (Å²) in [6.45, 7) is 1.37. The highest BCUT2D eigenvalue weighted by Crippen LogP contribution is 2.31. The molecule has 1 aliphatic heterocycles. The first-order valence-corrected chi connectivity index (χ1v) is 5.90. The summed E-state index contributed by atoms with van der Waals surface area (Å²) in [5, 5.41) is 8.57. The van der Waals surface area contributed by atoms with Crippen LogP contribution < -0.4 is 9.47 Å². The number of nitrogens with zero attached hydrogens (tertiary/aromatic N) is 1. The van der Waals surface area contributed by atoms with Crippen molar-refractivity contribution < 1.29 is 24.2 Å². The molecule has 1 heterocycles. The Balaban J connectivity index is 2.02. The van der Waals surface area contributed by atoms with Gasteiger partial charge >= 0.3 is 5.97 Å². The third-order valence-corrected chi connectivity index (χ3v) is 2.75. The van der Waals surface area contributed by atoms with Crippen LogP contribution >= 0.6 is 0 Å². The monoisotopic (exact) mass is 265 g/mol. The Morgan fingerprint density at radius 2 is 1.95 bits per heavy atom. The lowest BCUT2D eigenvalue weighted by Gasteiger charge is -2.21. The van der Waals surface area contributed by atoms with Crippen LogP contribution in [0.25, 0.3) is 0 Å². The Morgan fingerprint density at radius 3 is 2.63 bits per heavy atom. The minimum absolute atomic E-state index is 0.336. The predicted octanol–water partition coefficient (Wildman–Crippen LogP) is 0.891. The first-order valence-electron chi connectivity index (χ1n) is 5.90. The van der Waals surface area contributed by atoms with E-state index in [-0.39, 0.29) is 0 Å². The van der Waals surface area contributed by atoms with Gasteiger partial charge in [-0.1, -0.05) is 6.07 Å². The Kier molecular flexibility index (Phi) is 3.89. The number of amides is 1. The van der Waals surface area contributed by atoms with Crippen molar-refractivity contribution in [2.24, 2.45) is 0 Å². The minimum Gasteiger partial charge on any atom is -0.486 e. The number of carbonyl (C=O) groups excluding carboxylic acids is 1. The lowest BCUT2D eigenvalue weighted by molar-refractivity contribution is -0.143. The highest BCUT2D eigenvalue weighted by atomic mass is 16.6. The molecular weight excluding hydrogens is 250 g/mol. The van der Waals surface area contributed by atoms with E-state index in [1.165, 1.54) is 4.90 Å². The van der Waals surface area contributed by atoms with Crippen LogP contribution in [0.3, 0.4) is 0 Å². The molecule has 0 unspecified atom stereocenters. The van der Waals surface area contributed by atoms with E-state index in [0.717, 1.165) is 5.56 Å². The second-order valence-corrected chi connectivity index (χ2v) is 4.30. The van der Waals surface area contributed by atoms with Gasteiger partial charge in [-0.3, -0.25) is 9.59 Å². The summed E-state index contributed by atoms with van der Waals surface area (Å²) in [6, 6.07) is 5.43. The van der Waals surface area contributed by atoms with Crippen molar-refractivity contribution in [2.45, 2.75) is 13.0 Å². The highest BCUT2D eigenvalue weighted by molar-refractivity contribution is 5.93. The lowest BCUT2D eigenvalue weighted by Crippen LogP contribution is -2.28. The first-order chi connectivity index (χ1) is 9.06. The SMILES string of the molecule is CN(Cc1ccc2c(c1)OCCO2)C(=O)CC(=O)O. The Labute approximate surface area is 110 Å². The van der Waals surface area contributed by atoms with Gasteiger partial charge in [-0.25, -0.2) is 0 Å². The molecule has 6 nitrogen and oxygen atoms in total. The van der Waals surface area contributed by atoms with Crippen molar-refractivity contribution in [3.05, 3.63) is 23.8 Å². The number of carboxylic acids is 1. The average Bonchev–Trinajstić information content (AvgIpc) is 2.37. The molecule has 0 spiro atoms. The Morgan fingerprint density at radius 1 is 1.26 bits per heavy atom. The van der Waals surface area contributed by atoms with Gasteiger partial charge in [0.25, 0.3) is 0 Å². The summed E-state index contributed by atoms with van der Waals surface area (Å²) in [5.41, 5.74) is 0.866. The van der Waals surface area contributed by atoms with Gasteiger partial charge in [-0.2, -0.15) is 0 Å². The van der Waals surface area contributed by atoms with Crippen LogP contribution in [-0.4, -0.2) is 42.1 Å². The largest absolute Gasteiger partial charge is 0.486 e. The summed E-state index contributed by atoms with van der Waals surface area (Å²) >= 11 is 0. The molecule has 1 aromatic carbocycles. The molecule has 0 bridgehead atoms. The fraction of sp³-hybridized carbons (Fsp3) is 0.385. The number of ether oxygens (including phenoxy) is 2. The maximum atomic E-state index is 11.5. The van der Waals surface area contributed by atoms with E-state index in [1.54, 1.807) is 19.2 Å². The van der Waals surface area contributed by atoms with Crippen molar-refractivity contribution in [2.75, 3.05) is 20.3 Å². The number of aliphatic carboxylic acids is 1. The van der Waals surface area contributed by atoms with Crippen molar-refractivity contribution in [3.8, 4) is 11.5 Å². The number of benzene rings is 1. The summed E-state index contributed by atoms with van der Waals surface area (Å²) in [6.07, 6.45) is -0.499. The standard InChI is InChI=1S/C13H15NO5/c1-14(12(15)7-13(16)17)8-9-2-3-10-11(6-9)19-5-4-18-10/h2-3,6H,4-5,7-8H2,1H3,(H,16,17). The number of rotatable bonds is 4. The van der Waals surface area contributed by atoms with E-state index in [9.17, 15) is 9.59 Å². The molecule has 0 radical (unpaired) electrons. The summed E-state index contributed by atoms with van der Waals surface area (Å²) in [4.78, 5) is 23.4. The Bertz CT molecular complexity index is 500. The molecule has 1 aliphatic rings. The van der Waals surface area contributed by atoms with E-state index < -0.39 is 18.3 Å². The molecule has 1 amide bonds. The van der Waals surface area contributed by atoms with Gasteiger partial charge in [0.1, 0.15) is 19.6 Å². The van der Waals surface area contributed by atoms with Crippen LogP contribution in [0, 0.1) is 0 Å². The lowest BCUT2D eigenvalue weighted by atomic mass is 10.2. The normalized spacial score (nSPS) is 12.9. The molecule has 0 saturated heterocycles. The van der Waals surface area contributed by atoms with E-state index in [2.05, 4.69) is 0 Å². The van der Waals surface area contributed by atoms with Crippen LogP contribution in [0.5, 0.6) is 11.5 Å². The van der Waals surface area contributed by atoms with Gasteiger partial charge in [0.2, 0.25) is 5.91 Å². The van der Waals surface area contributed by atoms with E-state index in [4.69, 9.17) is 14.6 Å². The third-order valence-electron chi connectivity index (χ3n) is 2.75. The van der Waals surface area contributed by atoms with Crippen LogP contribution in [0.4, 0.5) is 0 Å². The first kappa shape index (κ1) is 13.2. The molecule has 1 N–H and O–H groups in total. The van der Waals surface area contributed by atoms with Crippen LogP contribution in [-0.2, 0) is 16.1 Å². The number of fused-ring (bicyclic) bond motifs is 1. The van der Waals surface area contributed by atoms with Gasteiger partial charge in [0.15, 0.2) is 11.5 Å². The third kappa shape index (κ3) is 3.37. The zero-order valence-electron chi connectivity index (χ0n) is 10.6. The van der Waals surface area contributed by atoms with E-state index >= 15 is 0 Å². The maximum Gasteiger partial charge on any atom is 0.312 e. The molecule has 2 rings (SSSR count). The zero-order chi connectivity index (χ0) is 13.8. The molecule has 0 fully saturated rings. The molecule has 0 atom stereocenters. The number of hydrogen-bond donors (Lipinski definition) is 1. The molecule has 19 heavy (non-hydrogen) atoms. The number of hydrogen-bond acceptors (Lipinski definition) is 4. The fourth-order valence-electron chi connectivity index (χ4n) is 1.81. The quantitative estimate of drug-likeness (QED) is 0.818. The molecule has 0 aromatic heterocycles. The fourth-order valence-corrected chi connectivity index (χ4v) is 1.81. The topological polar surface area (TPSA) is 76.1 Å². The molecule has 0 saturated carbocycles. The van der Waals surface area contributed by atoms with Gasteiger partial charge < -0.3 is 19.5 Å². The summed E-state index contributed by atoms with van der Waals surface area (Å²) in [7, 11) is 1.57. The predicted molar refractivity (Wildman–Crippen MR) is 66.2 cm³/mol. The second kappa shape index (κ2) is 5.60. The van der Waals surface area contributed by atoms with Crippen molar-refractivity contribution in [1.82, 2.24) is 4.90 Å².